The summed E-state index contributed by atoms with van der Waals surface area (Å²) in [5.41, 5.74) is -0.814. The lowest BCUT2D eigenvalue weighted by Crippen LogP contribution is -2.56. The number of aliphatic hydroxyl groups excluding tert-OH is 1. The van der Waals surface area contributed by atoms with Gasteiger partial charge in [-0.3, -0.25) is 4.90 Å². The Morgan fingerprint density at radius 2 is 2.05 bits per heavy atom. The van der Waals surface area contributed by atoms with Crippen LogP contribution in [0.4, 0.5) is 4.79 Å². The number of carboxylic acids is 1. The van der Waals surface area contributed by atoms with Gasteiger partial charge in [-0.05, 0) is 18.9 Å². The lowest BCUT2D eigenvalue weighted by Gasteiger charge is -2.32. The first-order valence-electron chi connectivity index (χ1n) is 6.36. The Hall–Kier alpha value is -2.08. The van der Waals surface area contributed by atoms with Gasteiger partial charge in [-0.1, -0.05) is 30.3 Å². The molecule has 2 rings (SSSR count). The molecule has 0 aliphatic carbocycles. The van der Waals surface area contributed by atoms with Gasteiger partial charge in [0.25, 0.3) is 0 Å². The molecule has 1 heterocycles. The fourth-order valence-corrected chi connectivity index (χ4v) is 2.28. The minimum absolute atomic E-state index is 0.0714. The first-order chi connectivity index (χ1) is 9.46. The standard InChI is InChI=1S/C14H17NO5/c1-14(12(17)18)11(16)7-8-15(14)13(19)20-9-10-5-3-2-4-6-10/h2-6,11,16H,7-9H2,1H3,(H,17,18)/t11-,14-/m0/s1. The molecule has 108 valence electrons. The summed E-state index contributed by atoms with van der Waals surface area (Å²) in [6.45, 7) is 1.57. The number of nitrogens with zero attached hydrogens (tertiary/aromatic N) is 1. The molecule has 2 atom stereocenters. The highest BCUT2D eigenvalue weighted by atomic mass is 16.6. The van der Waals surface area contributed by atoms with Crippen LogP contribution in [0.3, 0.4) is 0 Å². The number of hydrogen-bond acceptors (Lipinski definition) is 4. The van der Waals surface area contributed by atoms with Crippen molar-refractivity contribution in [3.8, 4) is 0 Å². The van der Waals surface area contributed by atoms with Crippen molar-refractivity contribution in [2.45, 2.75) is 31.6 Å². The Labute approximate surface area is 116 Å². The normalized spacial score (nSPS) is 25.5. The van der Waals surface area contributed by atoms with Crippen molar-refractivity contribution >= 4 is 12.1 Å². The average Bonchev–Trinajstić information content (AvgIpc) is 2.75. The summed E-state index contributed by atoms with van der Waals surface area (Å²) < 4.78 is 5.12. The Kier molecular flexibility index (Phi) is 3.94. The fourth-order valence-electron chi connectivity index (χ4n) is 2.28. The SMILES string of the molecule is C[C@@]1(C(=O)O)[C@@H](O)CCN1C(=O)OCc1ccccc1. The minimum atomic E-state index is -1.63. The number of ether oxygens (including phenoxy) is 1. The van der Waals surface area contributed by atoms with Crippen LogP contribution < -0.4 is 0 Å². The van der Waals surface area contributed by atoms with Gasteiger partial charge in [-0.15, -0.1) is 0 Å². The molecular formula is C14H17NO5. The van der Waals surface area contributed by atoms with Crippen LogP contribution in [0.5, 0.6) is 0 Å². The van der Waals surface area contributed by atoms with Crippen molar-refractivity contribution in [3.63, 3.8) is 0 Å². The van der Waals surface area contributed by atoms with Crippen LogP contribution in [-0.4, -0.2) is 45.4 Å². The van der Waals surface area contributed by atoms with E-state index in [4.69, 9.17) is 4.74 Å². The highest BCUT2D eigenvalue weighted by molar-refractivity contribution is 5.85. The summed E-state index contributed by atoms with van der Waals surface area (Å²) in [6, 6.07) is 9.11. The van der Waals surface area contributed by atoms with E-state index in [0.717, 1.165) is 10.5 Å². The third kappa shape index (κ3) is 2.46. The van der Waals surface area contributed by atoms with Crippen molar-refractivity contribution in [1.82, 2.24) is 4.90 Å². The Bertz CT molecular complexity index is 504. The second kappa shape index (κ2) is 5.50. The number of carbonyl (C=O) groups is 2. The summed E-state index contributed by atoms with van der Waals surface area (Å²) in [5, 5.41) is 19.0. The molecule has 0 saturated carbocycles. The van der Waals surface area contributed by atoms with Crippen molar-refractivity contribution < 1.29 is 24.5 Å². The highest BCUT2D eigenvalue weighted by Crippen LogP contribution is 2.30. The largest absolute Gasteiger partial charge is 0.479 e. The van der Waals surface area contributed by atoms with Crippen LogP contribution >= 0.6 is 0 Å². The maximum absolute atomic E-state index is 12.0. The van der Waals surface area contributed by atoms with Gasteiger partial charge < -0.3 is 14.9 Å². The molecule has 1 aromatic carbocycles. The first kappa shape index (κ1) is 14.3. The molecule has 20 heavy (non-hydrogen) atoms. The molecule has 6 nitrogen and oxygen atoms in total. The fraction of sp³-hybridized carbons (Fsp3) is 0.429. The molecule has 0 aromatic heterocycles. The topological polar surface area (TPSA) is 87.1 Å². The predicted molar refractivity (Wildman–Crippen MR) is 70.0 cm³/mol. The third-order valence-corrected chi connectivity index (χ3v) is 3.69. The second-order valence-electron chi connectivity index (χ2n) is 4.95. The highest BCUT2D eigenvalue weighted by Gasteiger charge is 2.53. The van der Waals surface area contributed by atoms with Gasteiger partial charge in [-0.25, -0.2) is 9.59 Å². The van der Waals surface area contributed by atoms with Crippen LogP contribution in [0.1, 0.15) is 18.9 Å². The van der Waals surface area contributed by atoms with E-state index < -0.39 is 23.7 Å². The number of carbonyl (C=O) groups excluding carboxylic acids is 1. The van der Waals surface area contributed by atoms with E-state index in [-0.39, 0.29) is 19.6 Å². The Morgan fingerprint density at radius 3 is 2.65 bits per heavy atom. The number of rotatable bonds is 3. The molecule has 1 aliphatic heterocycles. The van der Waals surface area contributed by atoms with Gasteiger partial charge in [0, 0.05) is 6.54 Å². The van der Waals surface area contributed by atoms with Crippen molar-refractivity contribution in [2.24, 2.45) is 0 Å². The quantitative estimate of drug-likeness (QED) is 0.869. The van der Waals surface area contributed by atoms with Gasteiger partial charge in [0.1, 0.15) is 6.61 Å². The second-order valence-corrected chi connectivity index (χ2v) is 4.95. The summed E-state index contributed by atoms with van der Waals surface area (Å²) in [6.07, 6.45) is -1.59. The average molecular weight is 279 g/mol. The van der Waals surface area contributed by atoms with Gasteiger partial charge >= 0.3 is 12.1 Å². The van der Waals surface area contributed by atoms with Crippen LogP contribution in [0.25, 0.3) is 0 Å². The van der Waals surface area contributed by atoms with Crippen molar-refractivity contribution in [3.05, 3.63) is 35.9 Å². The molecule has 0 unspecified atom stereocenters. The summed E-state index contributed by atoms with van der Waals surface area (Å²) in [7, 11) is 0. The van der Waals surface area contributed by atoms with E-state index in [1.165, 1.54) is 6.92 Å². The van der Waals surface area contributed by atoms with Crippen LogP contribution in [0.15, 0.2) is 30.3 Å². The predicted octanol–water partition coefficient (Wildman–Crippen LogP) is 1.23. The van der Waals surface area contributed by atoms with Crippen molar-refractivity contribution in [1.29, 1.82) is 0 Å². The van der Waals surface area contributed by atoms with Crippen molar-refractivity contribution in [2.75, 3.05) is 6.54 Å². The smallest absolute Gasteiger partial charge is 0.411 e. The third-order valence-electron chi connectivity index (χ3n) is 3.69. The Morgan fingerprint density at radius 1 is 1.40 bits per heavy atom. The van der Waals surface area contributed by atoms with E-state index in [1.807, 2.05) is 30.3 Å². The monoisotopic (exact) mass is 279 g/mol. The summed E-state index contributed by atoms with van der Waals surface area (Å²) >= 11 is 0. The number of benzene rings is 1. The van der Waals surface area contributed by atoms with E-state index in [2.05, 4.69) is 0 Å². The van der Waals surface area contributed by atoms with Crippen LogP contribution in [0, 0.1) is 0 Å². The molecule has 1 aliphatic rings. The summed E-state index contributed by atoms with van der Waals surface area (Å²) in [4.78, 5) is 24.4. The molecular weight excluding hydrogens is 262 g/mol. The summed E-state index contributed by atoms with van der Waals surface area (Å²) in [5.74, 6) is -1.24. The Balaban J connectivity index is 2.04. The van der Waals surface area contributed by atoms with E-state index in [1.54, 1.807) is 0 Å². The number of amides is 1. The number of aliphatic hydroxyl groups is 1. The molecule has 1 amide bonds. The van der Waals surface area contributed by atoms with E-state index in [0.29, 0.717) is 0 Å². The maximum atomic E-state index is 12.0. The van der Waals surface area contributed by atoms with Gasteiger partial charge in [0.2, 0.25) is 0 Å². The molecule has 1 aromatic rings. The number of aliphatic carboxylic acids is 1. The number of likely N-dealkylation sites (tertiary alicyclic amines) is 1. The molecule has 2 N–H and O–H groups in total. The number of hydrogen-bond donors (Lipinski definition) is 2. The number of carboxylic acid groups (broad SMARTS) is 1. The lowest BCUT2D eigenvalue weighted by molar-refractivity contribution is -0.152. The van der Waals surface area contributed by atoms with Gasteiger partial charge in [-0.2, -0.15) is 0 Å². The van der Waals surface area contributed by atoms with Crippen LogP contribution in [-0.2, 0) is 16.1 Å². The van der Waals surface area contributed by atoms with E-state index in [9.17, 15) is 19.8 Å². The molecule has 0 radical (unpaired) electrons. The zero-order chi connectivity index (χ0) is 14.8. The first-order valence-corrected chi connectivity index (χ1v) is 6.36. The minimum Gasteiger partial charge on any atom is -0.479 e. The zero-order valence-corrected chi connectivity index (χ0v) is 11.2. The molecule has 1 fully saturated rings. The van der Waals surface area contributed by atoms with Gasteiger partial charge in [0.15, 0.2) is 5.54 Å². The maximum Gasteiger partial charge on any atom is 0.411 e. The lowest BCUT2D eigenvalue weighted by atomic mass is 9.96. The molecule has 0 bridgehead atoms. The van der Waals surface area contributed by atoms with E-state index >= 15 is 0 Å². The van der Waals surface area contributed by atoms with Crippen LogP contribution in [0.2, 0.25) is 0 Å². The molecule has 1 saturated heterocycles. The van der Waals surface area contributed by atoms with Gasteiger partial charge in [0.05, 0.1) is 6.10 Å². The zero-order valence-electron chi connectivity index (χ0n) is 11.2. The molecule has 6 heteroatoms. The molecule has 0 spiro atoms.